The molecule has 0 bridgehead atoms. The summed E-state index contributed by atoms with van der Waals surface area (Å²) in [7, 11) is 1.56. The first-order chi connectivity index (χ1) is 7.81. The molecule has 86 valence electrons. The molecular formula is C12H16N2O2. The lowest BCUT2D eigenvalue weighted by Gasteiger charge is -2.10. The number of rotatable bonds is 6. The summed E-state index contributed by atoms with van der Waals surface area (Å²) in [6, 6.07) is 7.18. The van der Waals surface area contributed by atoms with Gasteiger partial charge < -0.3 is 15.2 Å². The van der Waals surface area contributed by atoms with Crippen LogP contribution in [0.5, 0.6) is 11.5 Å². The van der Waals surface area contributed by atoms with Crippen LogP contribution in [0, 0.1) is 11.3 Å². The van der Waals surface area contributed by atoms with Gasteiger partial charge in [0.15, 0.2) is 11.5 Å². The molecule has 4 nitrogen and oxygen atoms in total. The zero-order valence-corrected chi connectivity index (χ0v) is 9.40. The average molecular weight is 220 g/mol. The van der Waals surface area contributed by atoms with Gasteiger partial charge in [0.25, 0.3) is 0 Å². The Morgan fingerprint density at radius 3 is 2.75 bits per heavy atom. The van der Waals surface area contributed by atoms with Crippen molar-refractivity contribution in [3.05, 3.63) is 23.8 Å². The van der Waals surface area contributed by atoms with Crippen LogP contribution in [0.4, 0.5) is 0 Å². The molecule has 0 aromatic heterocycles. The lowest BCUT2D eigenvalue weighted by molar-refractivity contribution is 0.287. The Bertz CT molecular complexity index is 372. The Morgan fingerprint density at radius 1 is 1.31 bits per heavy atom. The maximum absolute atomic E-state index is 8.73. The van der Waals surface area contributed by atoms with E-state index in [2.05, 4.69) is 6.07 Å². The third kappa shape index (κ3) is 3.44. The number of hydrogen-bond acceptors (Lipinski definition) is 4. The van der Waals surface area contributed by atoms with Crippen molar-refractivity contribution in [2.45, 2.75) is 12.8 Å². The second kappa shape index (κ2) is 6.70. The second-order valence-electron chi connectivity index (χ2n) is 3.32. The van der Waals surface area contributed by atoms with E-state index in [1.807, 2.05) is 0 Å². The van der Waals surface area contributed by atoms with E-state index in [4.69, 9.17) is 20.5 Å². The molecule has 1 rings (SSSR count). The van der Waals surface area contributed by atoms with Gasteiger partial charge in [0, 0.05) is 6.07 Å². The second-order valence-corrected chi connectivity index (χ2v) is 3.32. The minimum Gasteiger partial charge on any atom is -0.493 e. The van der Waals surface area contributed by atoms with Crippen molar-refractivity contribution in [2.75, 3.05) is 20.3 Å². The van der Waals surface area contributed by atoms with Gasteiger partial charge in [0.2, 0.25) is 0 Å². The number of hydrogen-bond donors (Lipinski definition) is 1. The SMILES string of the molecule is COc1cc(C#N)ccc1OCCCCN. The number of methoxy groups -OCH3 is 1. The highest BCUT2D eigenvalue weighted by Crippen LogP contribution is 2.27. The summed E-state index contributed by atoms with van der Waals surface area (Å²) in [5.41, 5.74) is 5.95. The zero-order valence-electron chi connectivity index (χ0n) is 9.40. The molecule has 4 heteroatoms. The minimum atomic E-state index is 0.561. The molecule has 0 amide bonds. The Morgan fingerprint density at radius 2 is 2.12 bits per heavy atom. The Hall–Kier alpha value is -1.73. The molecule has 0 fully saturated rings. The van der Waals surface area contributed by atoms with Crippen LogP contribution >= 0.6 is 0 Å². The van der Waals surface area contributed by atoms with E-state index in [-0.39, 0.29) is 0 Å². The van der Waals surface area contributed by atoms with Crippen LogP contribution < -0.4 is 15.2 Å². The van der Waals surface area contributed by atoms with E-state index in [0.29, 0.717) is 30.2 Å². The van der Waals surface area contributed by atoms with E-state index >= 15 is 0 Å². The van der Waals surface area contributed by atoms with Gasteiger partial charge in [-0.2, -0.15) is 5.26 Å². The van der Waals surface area contributed by atoms with Gasteiger partial charge in [-0.25, -0.2) is 0 Å². The van der Waals surface area contributed by atoms with Gasteiger partial charge in [-0.05, 0) is 31.5 Å². The molecular weight excluding hydrogens is 204 g/mol. The molecule has 0 atom stereocenters. The average Bonchev–Trinajstić information content (AvgIpc) is 2.34. The maximum atomic E-state index is 8.73. The van der Waals surface area contributed by atoms with Gasteiger partial charge >= 0.3 is 0 Å². The number of unbranched alkanes of at least 4 members (excludes halogenated alkanes) is 1. The van der Waals surface area contributed by atoms with E-state index in [1.54, 1.807) is 25.3 Å². The van der Waals surface area contributed by atoms with E-state index in [9.17, 15) is 0 Å². The van der Waals surface area contributed by atoms with Gasteiger partial charge in [-0.1, -0.05) is 0 Å². The van der Waals surface area contributed by atoms with Crippen molar-refractivity contribution in [1.82, 2.24) is 0 Å². The Kier molecular flexibility index (Phi) is 5.17. The minimum absolute atomic E-state index is 0.561. The number of nitrogens with two attached hydrogens (primary N) is 1. The summed E-state index contributed by atoms with van der Waals surface area (Å²) in [4.78, 5) is 0. The lowest BCUT2D eigenvalue weighted by Crippen LogP contribution is -2.04. The summed E-state index contributed by atoms with van der Waals surface area (Å²) in [6.07, 6.45) is 1.86. The molecule has 0 aliphatic rings. The van der Waals surface area contributed by atoms with E-state index < -0.39 is 0 Å². The summed E-state index contributed by atoms with van der Waals surface area (Å²) >= 11 is 0. The van der Waals surface area contributed by atoms with Gasteiger partial charge in [0.1, 0.15) is 0 Å². The van der Waals surface area contributed by atoms with Crippen molar-refractivity contribution in [1.29, 1.82) is 5.26 Å². The van der Waals surface area contributed by atoms with Crippen molar-refractivity contribution < 1.29 is 9.47 Å². The monoisotopic (exact) mass is 220 g/mol. The molecule has 0 spiro atoms. The normalized spacial score (nSPS) is 9.56. The maximum Gasteiger partial charge on any atom is 0.162 e. The molecule has 16 heavy (non-hydrogen) atoms. The van der Waals surface area contributed by atoms with Crippen molar-refractivity contribution in [3.8, 4) is 17.6 Å². The first-order valence-corrected chi connectivity index (χ1v) is 5.23. The highest BCUT2D eigenvalue weighted by molar-refractivity contribution is 5.46. The first-order valence-electron chi connectivity index (χ1n) is 5.23. The quantitative estimate of drug-likeness (QED) is 0.741. The smallest absolute Gasteiger partial charge is 0.162 e. The topological polar surface area (TPSA) is 68.3 Å². The summed E-state index contributed by atoms with van der Waals surface area (Å²) in [5.74, 6) is 1.25. The van der Waals surface area contributed by atoms with Crippen LogP contribution in [0.25, 0.3) is 0 Å². The fourth-order valence-electron chi connectivity index (χ4n) is 1.28. The number of nitriles is 1. The van der Waals surface area contributed by atoms with Gasteiger partial charge in [-0.3, -0.25) is 0 Å². The van der Waals surface area contributed by atoms with Crippen molar-refractivity contribution in [2.24, 2.45) is 5.73 Å². The molecule has 2 N–H and O–H groups in total. The zero-order chi connectivity index (χ0) is 11.8. The molecule has 0 heterocycles. The van der Waals surface area contributed by atoms with Crippen LogP contribution in [-0.2, 0) is 0 Å². The molecule has 0 unspecified atom stereocenters. The fraction of sp³-hybridized carbons (Fsp3) is 0.417. The highest BCUT2D eigenvalue weighted by atomic mass is 16.5. The predicted molar refractivity (Wildman–Crippen MR) is 61.5 cm³/mol. The largest absolute Gasteiger partial charge is 0.493 e. The molecule has 0 aliphatic carbocycles. The Balaban J connectivity index is 2.62. The molecule has 0 radical (unpaired) electrons. The third-order valence-corrected chi connectivity index (χ3v) is 2.15. The number of nitrogens with zero attached hydrogens (tertiary/aromatic N) is 1. The van der Waals surface area contributed by atoms with Gasteiger partial charge in [-0.15, -0.1) is 0 Å². The first kappa shape index (κ1) is 12.3. The standard InChI is InChI=1S/C12H16N2O2/c1-15-12-8-10(9-14)4-5-11(12)16-7-3-2-6-13/h4-5,8H,2-3,6-7,13H2,1H3. The molecule has 0 saturated heterocycles. The predicted octanol–water partition coefficient (Wildman–Crippen LogP) is 1.68. The molecule has 0 saturated carbocycles. The number of ether oxygens (including phenoxy) is 2. The fourth-order valence-corrected chi connectivity index (χ4v) is 1.28. The van der Waals surface area contributed by atoms with Gasteiger partial charge in [0.05, 0.1) is 25.3 Å². The van der Waals surface area contributed by atoms with Crippen LogP contribution in [0.3, 0.4) is 0 Å². The lowest BCUT2D eigenvalue weighted by atomic mass is 10.2. The van der Waals surface area contributed by atoms with E-state index in [0.717, 1.165) is 12.8 Å². The summed E-state index contributed by atoms with van der Waals surface area (Å²) in [5, 5.41) is 8.73. The van der Waals surface area contributed by atoms with Crippen molar-refractivity contribution >= 4 is 0 Å². The molecule has 1 aromatic carbocycles. The van der Waals surface area contributed by atoms with Crippen LogP contribution in [0.15, 0.2) is 18.2 Å². The highest BCUT2D eigenvalue weighted by Gasteiger charge is 2.05. The van der Waals surface area contributed by atoms with Crippen LogP contribution in [0.2, 0.25) is 0 Å². The molecule has 0 aliphatic heterocycles. The molecule has 1 aromatic rings. The summed E-state index contributed by atoms with van der Waals surface area (Å²) < 4.78 is 10.7. The summed E-state index contributed by atoms with van der Waals surface area (Å²) in [6.45, 7) is 1.29. The number of benzene rings is 1. The van der Waals surface area contributed by atoms with Crippen LogP contribution in [-0.4, -0.2) is 20.3 Å². The van der Waals surface area contributed by atoms with Crippen LogP contribution in [0.1, 0.15) is 18.4 Å². The third-order valence-electron chi connectivity index (χ3n) is 2.15. The van der Waals surface area contributed by atoms with Crippen molar-refractivity contribution in [3.63, 3.8) is 0 Å². The Labute approximate surface area is 95.6 Å². The van der Waals surface area contributed by atoms with E-state index in [1.165, 1.54) is 0 Å².